The van der Waals surface area contributed by atoms with Crippen LogP contribution in [-0.2, 0) is 4.74 Å². The molecule has 0 amide bonds. The van der Waals surface area contributed by atoms with Gasteiger partial charge >= 0.3 is 5.97 Å². The zero-order valence-corrected chi connectivity index (χ0v) is 11.9. The number of rotatable bonds is 4. The molecule has 0 atom stereocenters. The van der Waals surface area contributed by atoms with Crippen molar-refractivity contribution in [2.45, 2.75) is 19.8 Å². The highest BCUT2D eigenvalue weighted by Gasteiger charge is 2.20. The molecule has 1 N–H and O–H groups in total. The van der Waals surface area contributed by atoms with Gasteiger partial charge in [-0.3, -0.25) is 9.99 Å². The summed E-state index contributed by atoms with van der Waals surface area (Å²) in [6, 6.07) is 1.77. The monoisotopic (exact) mass is 287 g/mol. The number of carbonyl (C=O) groups is 1. The SMILES string of the molecule is CCOC(=O)c1c(/N=N/N2CCCC2)[nH]c2cnccc12. The zero-order valence-electron chi connectivity index (χ0n) is 11.9. The summed E-state index contributed by atoms with van der Waals surface area (Å²) in [4.78, 5) is 19.3. The number of aromatic nitrogens is 2. The van der Waals surface area contributed by atoms with E-state index in [0.29, 0.717) is 18.0 Å². The third-order valence-corrected chi connectivity index (χ3v) is 3.41. The standard InChI is InChI=1S/C14H17N5O2/c1-2-21-14(20)12-10-5-6-15-9-11(10)16-13(12)17-18-19-7-3-4-8-19/h5-6,9,16H,2-4,7-8H2,1H3/b18-17+. The molecule has 1 aliphatic heterocycles. The van der Waals surface area contributed by atoms with E-state index in [1.807, 2.05) is 5.01 Å². The number of hydrogen-bond donors (Lipinski definition) is 1. The Morgan fingerprint density at radius 2 is 2.29 bits per heavy atom. The maximum atomic E-state index is 12.2. The molecule has 0 spiro atoms. The van der Waals surface area contributed by atoms with Crippen molar-refractivity contribution >= 4 is 22.7 Å². The van der Waals surface area contributed by atoms with Crippen LogP contribution in [0.25, 0.3) is 10.9 Å². The van der Waals surface area contributed by atoms with Gasteiger partial charge in [0.05, 0.1) is 18.3 Å². The summed E-state index contributed by atoms with van der Waals surface area (Å²) in [5.74, 6) is 0.0219. The fourth-order valence-electron chi connectivity index (χ4n) is 2.41. The van der Waals surface area contributed by atoms with Crippen LogP contribution < -0.4 is 0 Å². The molecule has 1 fully saturated rings. The number of carbonyl (C=O) groups excluding carboxylic acids is 1. The molecule has 21 heavy (non-hydrogen) atoms. The molecule has 110 valence electrons. The molecule has 1 saturated heterocycles. The van der Waals surface area contributed by atoms with Gasteiger partial charge in [0, 0.05) is 24.7 Å². The number of H-pyrrole nitrogens is 1. The molecule has 2 aromatic heterocycles. The van der Waals surface area contributed by atoms with E-state index >= 15 is 0 Å². The summed E-state index contributed by atoms with van der Waals surface area (Å²) in [5.41, 5.74) is 1.16. The first-order valence-corrected chi connectivity index (χ1v) is 7.09. The zero-order chi connectivity index (χ0) is 14.7. The summed E-state index contributed by atoms with van der Waals surface area (Å²) in [6.07, 6.45) is 5.55. The van der Waals surface area contributed by atoms with Crippen LogP contribution in [0.5, 0.6) is 0 Å². The second-order valence-corrected chi connectivity index (χ2v) is 4.84. The minimum Gasteiger partial charge on any atom is -0.462 e. The fraction of sp³-hybridized carbons (Fsp3) is 0.429. The summed E-state index contributed by atoms with van der Waals surface area (Å²) in [5, 5.41) is 11.0. The molecule has 0 saturated carbocycles. The van der Waals surface area contributed by atoms with Crippen molar-refractivity contribution < 1.29 is 9.53 Å². The molecule has 0 radical (unpaired) electrons. The highest BCUT2D eigenvalue weighted by atomic mass is 16.5. The van der Waals surface area contributed by atoms with Crippen molar-refractivity contribution in [3.05, 3.63) is 24.0 Å². The maximum Gasteiger partial charge on any atom is 0.342 e. The van der Waals surface area contributed by atoms with Gasteiger partial charge in [0.25, 0.3) is 0 Å². The second-order valence-electron chi connectivity index (χ2n) is 4.84. The number of ether oxygens (including phenoxy) is 1. The lowest BCUT2D eigenvalue weighted by atomic mass is 10.2. The van der Waals surface area contributed by atoms with Gasteiger partial charge in [-0.05, 0) is 25.8 Å². The van der Waals surface area contributed by atoms with Crippen LogP contribution in [0, 0.1) is 0 Å². The average molecular weight is 287 g/mol. The van der Waals surface area contributed by atoms with E-state index in [1.54, 1.807) is 25.4 Å². The lowest BCUT2D eigenvalue weighted by Crippen LogP contribution is -2.10. The maximum absolute atomic E-state index is 12.2. The van der Waals surface area contributed by atoms with Crippen molar-refractivity contribution in [1.82, 2.24) is 15.0 Å². The average Bonchev–Trinajstić information content (AvgIpc) is 3.12. The van der Waals surface area contributed by atoms with Crippen LogP contribution in [0.4, 0.5) is 5.82 Å². The van der Waals surface area contributed by atoms with E-state index < -0.39 is 5.97 Å². The van der Waals surface area contributed by atoms with Crippen LogP contribution in [0.15, 0.2) is 28.8 Å². The number of nitrogens with one attached hydrogen (secondary N) is 1. The van der Waals surface area contributed by atoms with Gasteiger partial charge in [-0.2, -0.15) is 0 Å². The van der Waals surface area contributed by atoms with E-state index in [4.69, 9.17) is 4.74 Å². The first-order chi connectivity index (χ1) is 10.3. The molecule has 7 heteroatoms. The molecule has 0 aromatic carbocycles. The molecule has 0 aliphatic carbocycles. The number of aromatic amines is 1. The van der Waals surface area contributed by atoms with Crippen molar-refractivity contribution in [2.75, 3.05) is 19.7 Å². The third kappa shape index (κ3) is 2.72. The second kappa shape index (κ2) is 5.90. The Kier molecular flexibility index (Phi) is 3.81. The highest BCUT2D eigenvalue weighted by Crippen LogP contribution is 2.29. The molecule has 0 unspecified atom stereocenters. The van der Waals surface area contributed by atoms with Crippen molar-refractivity contribution in [2.24, 2.45) is 10.3 Å². The Labute approximate surface area is 122 Å². The predicted molar refractivity (Wildman–Crippen MR) is 77.4 cm³/mol. The van der Waals surface area contributed by atoms with E-state index in [-0.39, 0.29) is 0 Å². The van der Waals surface area contributed by atoms with E-state index in [9.17, 15) is 4.79 Å². The normalized spacial score (nSPS) is 15.2. The van der Waals surface area contributed by atoms with Gasteiger partial charge in [-0.15, -0.1) is 5.11 Å². The van der Waals surface area contributed by atoms with Crippen molar-refractivity contribution in [3.63, 3.8) is 0 Å². The lowest BCUT2D eigenvalue weighted by Gasteiger charge is -2.06. The van der Waals surface area contributed by atoms with Gasteiger partial charge in [0.15, 0.2) is 5.82 Å². The minimum atomic E-state index is -0.398. The largest absolute Gasteiger partial charge is 0.462 e. The summed E-state index contributed by atoms with van der Waals surface area (Å²) >= 11 is 0. The van der Waals surface area contributed by atoms with E-state index in [1.165, 1.54) is 0 Å². The quantitative estimate of drug-likeness (QED) is 0.692. The first-order valence-electron chi connectivity index (χ1n) is 7.09. The minimum absolute atomic E-state index is 0.319. The van der Waals surface area contributed by atoms with Gasteiger partial charge in [0.1, 0.15) is 5.56 Å². The van der Waals surface area contributed by atoms with Crippen LogP contribution >= 0.6 is 0 Å². The van der Waals surface area contributed by atoms with Crippen LogP contribution in [0.3, 0.4) is 0 Å². The molecule has 3 rings (SSSR count). The topological polar surface area (TPSA) is 82.9 Å². The summed E-state index contributed by atoms with van der Waals surface area (Å²) < 4.78 is 5.11. The van der Waals surface area contributed by atoms with Gasteiger partial charge < -0.3 is 9.72 Å². The molecule has 3 heterocycles. The Morgan fingerprint density at radius 1 is 1.48 bits per heavy atom. The smallest absolute Gasteiger partial charge is 0.342 e. The molecule has 7 nitrogen and oxygen atoms in total. The summed E-state index contributed by atoms with van der Waals surface area (Å²) in [6.45, 7) is 3.90. The molecular formula is C14H17N5O2. The van der Waals surface area contributed by atoms with Crippen molar-refractivity contribution in [1.29, 1.82) is 0 Å². The van der Waals surface area contributed by atoms with Crippen LogP contribution in [0.2, 0.25) is 0 Å². The van der Waals surface area contributed by atoms with Gasteiger partial charge in [-0.25, -0.2) is 4.79 Å². The number of nitrogens with zero attached hydrogens (tertiary/aromatic N) is 4. The Bertz CT molecular complexity index is 673. The third-order valence-electron chi connectivity index (χ3n) is 3.41. The van der Waals surface area contributed by atoms with Crippen LogP contribution in [-0.4, -0.2) is 40.6 Å². The Morgan fingerprint density at radius 3 is 3.05 bits per heavy atom. The molecule has 1 aliphatic rings. The predicted octanol–water partition coefficient (Wildman–Crippen LogP) is 2.83. The first kappa shape index (κ1) is 13.5. The molecule has 0 bridgehead atoms. The number of esters is 1. The van der Waals surface area contributed by atoms with E-state index in [0.717, 1.165) is 36.8 Å². The Hall–Kier alpha value is -2.44. The number of hydrogen-bond acceptors (Lipinski definition) is 5. The number of fused-ring (bicyclic) bond motifs is 1. The van der Waals surface area contributed by atoms with E-state index in [2.05, 4.69) is 20.3 Å². The van der Waals surface area contributed by atoms with Gasteiger partial charge in [-0.1, -0.05) is 5.22 Å². The van der Waals surface area contributed by atoms with Crippen molar-refractivity contribution in [3.8, 4) is 0 Å². The molecular weight excluding hydrogens is 270 g/mol. The highest BCUT2D eigenvalue weighted by molar-refractivity contribution is 6.08. The fourth-order valence-corrected chi connectivity index (χ4v) is 2.41. The van der Waals surface area contributed by atoms with Crippen LogP contribution in [0.1, 0.15) is 30.1 Å². The summed E-state index contributed by atoms with van der Waals surface area (Å²) in [7, 11) is 0. The Balaban J connectivity index is 1.99. The van der Waals surface area contributed by atoms with Gasteiger partial charge in [0.2, 0.25) is 0 Å². The molecule has 2 aromatic rings. The number of pyridine rings is 1. The lowest BCUT2D eigenvalue weighted by molar-refractivity contribution is 0.0529.